The summed E-state index contributed by atoms with van der Waals surface area (Å²) in [4.78, 5) is 27.2. The molecule has 0 fully saturated rings. The average Bonchev–Trinajstić information content (AvgIpc) is 3.14. The van der Waals surface area contributed by atoms with Gasteiger partial charge in [-0.15, -0.1) is 5.10 Å². The Balaban J connectivity index is 1.67. The number of urea groups is 1. The third-order valence-electron chi connectivity index (χ3n) is 2.43. The molecule has 2 heterocycles. The molecular formula is C12H15N5O3S. The highest BCUT2D eigenvalue weighted by Gasteiger charge is 2.10. The van der Waals surface area contributed by atoms with Crippen molar-refractivity contribution < 1.29 is 14.0 Å². The number of hydrogen-bond acceptors (Lipinski definition) is 6. The number of aromatic amines is 1. The lowest BCUT2D eigenvalue weighted by Gasteiger charge is -2.04. The second-order valence-electron chi connectivity index (χ2n) is 4.02. The first-order chi connectivity index (χ1) is 10.2. The third-order valence-corrected chi connectivity index (χ3v) is 3.28. The molecule has 2 aromatic rings. The molecule has 0 saturated carbocycles. The largest absolute Gasteiger partial charge is 0.467 e. The maximum Gasteiger partial charge on any atom is 0.321 e. The fourth-order valence-corrected chi connectivity index (χ4v) is 2.04. The van der Waals surface area contributed by atoms with Gasteiger partial charge in [-0.05, 0) is 12.1 Å². The van der Waals surface area contributed by atoms with Crippen LogP contribution in [0.15, 0.2) is 28.0 Å². The van der Waals surface area contributed by atoms with Crippen LogP contribution in [-0.2, 0) is 17.8 Å². The standard InChI is InChI=1S/C12H15N5O3S/c1-2-9-14-12(17-16-9)21-7-10(18)15-11(19)13-6-8-4-3-5-20-8/h3-5H,2,6-7H2,1H3,(H,14,16,17)(H2,13,15,18,19). The molecular weight excluding hydrogens is 294 g/mol. The quantitative estimate of drug-likeness (QED) is 0.688. The van der Waals surface area contributed by atoms with Crippen molar-refractivity contribution in [2.24, 2.45) is 0 Å². The number of imide groups is 1. The first-order valence-electron chi connectivity index (χ1n) is 6.31. The number of carbonyl (C=O) groups excluding carboxylic acids is 2. The van der Waals surface area contributed by atoms with Crippen LogP contribution < -0.4 is 10.6 Å². The first kappa shape index (κ1) is 15.1. The van der Waals surface area contributed by atoms with Crippen LogP contribution in [-0.4, -0.2) is 32.9 Å². The molecule has 3 amide bonds. The van der Waals surface area contributed by atoms with Crippen LogP contribution in [0.3, 0.4) is 0 Å². The summed E-state index contributed by atoms with van der Waals surface area (Å²) in [6.07, 6.45) is 2.26. The molecule has 0 radical (unpaired) electrons. The van der Waals surface area contributed by atoms with Gasteiger partial charge in [-0.3, -0.25) is 15.2 Å². The van der Waals surface area contributed by atoms with E-state index in [0.717, 1.165) is 24.0 Å². The van der Waals surface area contributed by atoms with Gasteiger partial charge < -0.3 is 9.73 Å². The minimum atomic E-state index is -0.568. The number of aryl methyl sites for hydroxylation is 1. The van der Waals surface area contributed by atoms with E-state index in [1.54, 1.807) is 12.1 Å². The zero-order valence-corrected chi connectivity index (χ0v) is 12.2. The Morgan fingerprint density at radius 3 is 3.00 bits per heavy atom. The Morgan fingerprint density at radius 2 is 2.33 bits per heavy atom. The van der Waals surface area contributed by atoms with Crippen LogP contribution in [0.25, 0.3) is 0 Å². The predicted octanol–water partition coefficient (Wildman–Crippen LogP) is 1.08. The molecule has 3 N–H and O–H groups in total. The lowest BCUT2D eigenvalue weighted by atomic mass is 10.4. The second kappa shape index (κ2) is 7.48. The minimum absolute atomic E-state index is 0.0647. The van der Waals surface area contributed by atoms with E-state index in [4.69, 9.17) is 4.42 Å². The van der Waals surface area contributed by atoms with Crippen LogP contribution in [0, 0.1) is 0 Å². The third kappa shape index (κ3) is 4.95. The first-order valence-corrected chi connectivity index (χ1v) is 7.30. The highest BCUT2D eigenvalue weighted by Crippen LogP contribution is 2.11. The van der Waals surface area contributed by atoms with Gasteiger partial charge in [0.05, 0.1) is 18.6 Å². The minimum Gasteiger partial charge on any atom is -0.467 e. The summed E-state index contributed by atoms with van der Waals surface area (Å²) in [6, 6.07) is 2.88. The lowest BCUT2D eigenvalue weighted by Crippen LogP contribution is -2.39. The van der Waals surface area contributed by atoms with E-state index in [-0.39, 0.29) is 12.3 Å². The van der Waals surface area contributed by atoms with Crippen molar-refractivity contribution in [1.29, 1.82) is 0 Å². The predicted molar refractivity (Wildman–Crippen MR) is 75.6 cm³/mol. The van der Waals surface area contributed by atoms with Gasteiger partial charge in [0.1, 0.15) is 11.6 Å². The molecule has 21 heavy (non-hydrogen) atoms. The molecule has 0 unspecified atom stereocenters. The summed E-state index contributed by atoms with van der Waals surface area (Å²) in [5.74, 6) is 1.02. The Hall–Kier alpha value is -2.29. The van der Waals surface area contributed by atoms with E-state index in [1.165, 1.54) is 6.26 Å². The van der Waals surface area contributed by atoms with Crippen LogP contribution >= 0.6 is 11.8 Å². The SMILES string of the molecule is CCc1nc(SCC(=O)NC(=O)NCc2ccco2)n[nH]1. The number of furan rings is 1. The molecule has 0 aliphatic heterocycles. The lowest BCUT2D eigenvalue weighted by molar-refractivity contribution is -0.117. The van der Waals surface area contributed by atoms with Crippen molar-refractivity contribution in [3.8, 4) is 0 Å². The van der Waals surface area contributed by atoms with Gasteiger partial charge in [-0.25, -0.2) is 9.78 Å². The highest BCUT2D eigenvalue weighted by atomic mass is 32.2. The van der Waals surface area contributed by atoms with Gasteiger partial charge in [0.15, 0.2) is 0 Å². The summed E-state index contributed by atoms with van der Waals surface area (Å²) < 4.78 is 5.06. The van der Waals surface area contributed by atoms with E-state index in [2.05, 4.69) is 25.8 Å². The van der Waals surface area contributed by atoms with Crippen LogP contribution in [0.5, 0.6) is 0 Å². The molecule has 0 aliphatic carbocycles. The molecule has 2 aromatic heterocycles. The molecule has 0 bridgehead atoms. The monoisotopic (exact) mass is 309 g/mol. The van der Waals surface area contributed by atoms with Gasteiger partial charge in [-0.2, -0.15) is 0 Å². The van der Waals surface area contributed by atoms with E-state index in [0.29, 0.717) is 10.9 Å². The Kier molecular flexibility index (Phi) is 5.38. The van der Waals surface area contributed by atoms with E-state index < -0.39 is 11.9 Å². The van der Waals surface area contributed by atoms with Crippen molar-refractivity contribution >= 4 is 23.7 Å². The van der Waals surface area contributed by atoms with E-state index in [9.17, 15) is 9.59 Å². The van der Waals surface area contributed by atoms with Gasteiger partial charge >= 0.3 is 6.03 Å². The summed E-state index contributed by atoms with van der Waals surface area (Å²) in [7, 11) is 0. The van der Waals surface area contributed by atoms with E-state index in [1.807, 2.05) is 6.92 Å². The number of rotatable bonds is 6. The summed E-state index contributed by atoms with van der Waals surface area (Å²) >= 11 is 1.16. The molecule has 112 valence electrons. The fourth-order valence-electron chi connectivity index (χ4n) is 1.42. The molecule has 0 saturated heterocycles. The van der Waals surface area contributed by atoms with E-state index >= 15 is 0 Å². The number of thioether (sulfide) groups is 1. The van der Waals surface area contributed by atoms with Crippen molar-refractivity contribution in [2.45, 2.75) is 25.0 Å². The fraction of sp³-hybridized carbons (Fsp3) is 0.333. The number of H-pyrrole nitrogens is 1. The second-order valence-corrected chi connectivity index (χ2v) is 4.96. The van der Waals surface area contributed by atoms with Crippen molar-refractivity contribution in [3.05, 3.63) is 30.0 Å². The molecule has 0 aromatic carbocycles. The van der Waals surface area contributed by atoms with Crippen LogP contribution in [0.2, 0.25) is 0 Å². The van der Waals surface area contributed by atoms with Crippen LogP contribution in [0.1, 0.15) is 18.5 Å². The number of carbonyl (C=O) groups is 2. The average molecular weight is 309 g/mol. The smallest absolute Gasteiger partial charge is 0.321 e. The highest BCUT2D eigenvalue weighted by molar-refractivity contribution is 7.99. The number of amides is 3. The normalized spacial score (nSPS) is 10.3. The van der Waals surface area contributed by atoms with Gasteiger partial charge in [-0.1, -0.05) is 18.7 Å². The molecule has 0 spiro atoms. The Bertz CT molecular complexity index is 596. The van der Waals surface area contributed by atoms with Crippen molar-refractivity contribution in [3.63, 3.8) is 0 Å². The topological polar surface area (TPSA) is 113 Å². The van der Waals surface area contributed by atoms with Crippen molar-refractivity contribution in [1.82, 2.24) is 25.8 Å². The number of nitrogens with one attached hydrogen (secondary N) is 3. The maximum absolute atomic E-state index is 11.6. The zero-order valence-electron chi connectivity index (χ0n) is 11.4. The summed E-state index contributed by atoms with van der Waals surface area (Å²) in [5.41, 5.74) is 0. The summed E-state index contributed by atoms with van der Waals surface area (Å²) in [5, 5.41) is 11.9. The number of aromatic nitrogens is 3. The molecule has 0 aliphatic rings. The molecule has 9 heteroatoms. The number of nitrogens with zero attached hydrogens (tertiary/aromatic N) is 2. The molecule has 8 nitrogen and oxygen atoms in total. The van der Waals surface area contributed by atoms with Gasteiger partial charge in [0, 0.05) is 6.42 Å². The van der Waals surface area contributed by atoms with Gasteiger partial charge in [0.2, 0.25) is 11.1 Å². The Labute approximate surface area is 125 Å². The molecule has 2 rings (SSSR count). The number of hydrogen-bond donors (Lipinski definition) is 3. The summed E-state index contributed by atoms with van der Waals surface area (Å²) in [6.45, 7) is 2.17. The molecule has 0 atom stereocenters. The van der Waals surface area contributed by atoms with Crippen molar-refractivity contribution in [2.75, 3.05) is 5.75 Å². The van der Waals surface area contributed by atoms with Crippen LogP contribution in [0.4, 0.5) is 4.79 Å². The zero-order chi connectivity index (χ0) is 15.1. The van der Waals surface area contributed by atoms with Gasteiger partial charge in [0.25, 0.3) is 0 Å². The Morgan fingerprint density at radius 1 is 1.48 bits per heavy atom. The maximum atomic E-state index is 11.6.